The van der Waals surface area contributed by atoms with Gasteiger partial charge in [-0.05, 0) is 25.2 Å². The molecule has 0 aliphatic carbocycles. The molecule has 0 unspecified atom stereocenters. The van der Waals surface area contributed by atoms with Crippen LogP contribution in [0.4, 0.5) is 0 Å². The van der Waals surface area contributed by atoms with E-state index < -0.39 is 5.97 Å². The van der Waals surface area contributed by atoms with Crippen LogP contribution >= 0.6 is 0 Å². The van der Waals surface area contributed by atoms with Crippen LogP contribution in [0.5, 0.6) is 0 Å². The maximum Gasteiger partial charge on any atom is 0.283 e. The average Bonchev–Trinajstić information content (AvgIpc) is 2.69. The van der Waals surface area contributed by atoms with Crippen LogP contribution in [-0.4, -0.2) is 25.8 Å². The largest absolute Gasteiger partial charge is 0.327 e. The van der Waals surface area contributed by atoms with Gasteiger partial charge in [0.25, 0.3) is 5.97 Å². The zero-order valence-electron chi connectivity index (χ0n) is 20.7. The fourth-order valence-electron chi connectivity index (χ4n) is 3.60. The second-order valence-electron chi connectivity index (χ2n) is 9.07. The highest BCUT2D eigenvalue weighted by molar-refractivity contribution is 4.63. The third-order valence-corrected chi connectivity index (χ3v) is 5.37. The molecule has 0 atom stereocenters. The van der Waals surface area contributed by atoms with E-state index in [4.69, 9.17) is 14.2 Å². The summed E-state index contributed by atoms with van der Waals surface area (Å²) in [6.07, 6.45) is 19.5. The van der Waals surface area contributed by atoms with E-state index in [1.165, 1.54) is 77.0 Å². The number of hydrogen-bond acceptors (Lipinski definition) is 3. The van der Waals surface area contributed by atoms with E-state index >= 15 is 0 Å². The number of rotatable bonds is 23. The molecule has 0 aromatic rings. The summed E-state index contributed by atoms with van der Waals surface area (Å²) >= 11 is 0. The third kappa shape index (κ3) is 18.4. The van der Waals surface area contributed by atoms with Gasteiger partial charge in [-0.3, -0.25) is 0 Å². The van der Waals surface area contributed by atoms with Crippen LogP contribution in [0, 0.1) is 5.92 Å². The van der Waals surface area contributed by atoms with Gasteiger partial charge in [0.05, 0.1) is 19.8 Å². The Morgan fingerprint density at radius 3 is 1.07 bits per heavy atom. The summed E-state index contributed by atoms with van der Waals surface area (Å²) in [6, 6.07) is 0. The SMILES string of the molecule is CCCCCCCOC(CC(C)C)(OCCCCCCC)OCCCCCCC. The summed E-state index contributed by atoms with van der Waals surface area (Å²) in [6.45, 7) is 13.4. The minimum absolute atomic E-state index is 0.482. The van der Waals surface area contributed by atoms with Crippen LogP contribution in [0.2, 0.25) is 0 Å². The molecule has 0 amide bonds. The summed E-state index contributed by atoms with van der Waals surface area (Å²) in [5, 5.41) is 0. The first-order valence-corrected chi connectivity index (χ1v) is 13.0. The van der Waals surface area contributed by atoms with Crippen LogP contribution in [0.3, 0.4) is 0 Å². The maximum atomic E-state index is 6.33. The van der Waals surface area contributed by atoms with E-state index in [0.717, 1.165) is 45.5 Å². The van der Waals surface area contributed by atoms with Crippen molar-refractivity contribution < 1.29 is 14.2 Å². The fraction of sp³-hybridized carbons (Fsp3) is 1.00. The average molecular weight is 415 g/mol. The van der Waals surface area contributed by atoms with Crippen molar-refractivity contribution in [1.82, 2.24) is 0 Å². The van der Waals surface area contributed by atoms with E-state index in [-0.39, 0.29) is 0 Å². The van der Waals surface area contributed by atoms with Gasteiger partial charge in [-0.1, -0.05) is 112 Å². The quantitative estimate of drug-likeness (QED) is 0.124. The lowest BCUT2D eigenvalue weighted by Crippen LogP contribution is -2.41. The van der Waals surface area contributed by atoms with Crippen LogP contribution in [0.1, 0.15) is 137 Å². The molecule has 0 aliphatic rings. The second-order valence-corrected chi connectivity index (χ2v) is 9.07. The van der Waals surface area contributed by atoms with Crippen molar-refractivity contribution in [2.45, 2.75) is 143 Å². The van der Waals surface area contributed by atoms with Crippen molar-refractivity contribution >= 4 is 0 Å². The molecule has 3 nitrogen and oxygen atoms in total. The van der Waals surface area contributed by atoms with E-state index in [9.17, 15) is 0 Å². The second kappa shape index (κ2) is 21.1. The summed E-state index contributed by atoms with van der Waals surface area (Å²) < 4.78 is 19.0. The van der Waals surface area contributed by atoms with Crippen molar-refractivity contribution in [3.8, 4) is 0 Å². The van der Waals surface area contributed by atoms with E-state index in [1.807, 2.05) is 0 Å². The molecule has 0 saturated carbocycles. The molecule has 29 heavy (non-hydrogen) atoms. The topological polar surface area (TPSA) is 27.7 Å². The van der Waals surface area contributed by atoms with Gasteiger partial charge in [0.2, 0.25) is 0 Å². The number of hydrogen-bond donors (Lipinski definition) is 0. The molecule has 0 saturated heterocycles. The van der Waals surface area contributed by atoms with Gasteiger partial charge in [0.1, 0.15) is 0 Å². The van der Waals surface area contributed by atoms with Gasteiger partial charge in [-0.25, -0.2) is 0 Å². The summed E-state index contributed by atoms with van der Waals surface area (Å²) in [4.78, 5) is 0. The van der Waals surface area contributed by atoms with E-state index in [2.05, 4.69) is 34.6 Å². The molecule has 176 valence electrons. The molecular weight excluding hydrogens is 360 g/mol. The standard InChI is InChI=1S/C26H54O3/c1-6-9-12-15-18-21-27-26(24-25(4)5,28-22-19-16-13-10-7-2)29-23-20-17-14-11-8-3/h25H,6-24H2,1-5H3. The molecule has 0 bridgehead atoms. The Morgan fingerprint density at radius 2 is 0.793 bits per heavy atom. The Morgan fingerprint density at radius 1 is 0.483 bits per heavy atom. The van der Waals surface area contributed by atoms with E-state index in [1.54, 1.807) is 0 Å². The molecule has 0 heterocycles. The molecule has 0 spiro atoms. The summed E-state index contributed by atoms with van der Waals surface area (Å²) in [7, 11) is 0. The summed E-state index contributed by atoms with van der Waals surface area (Å²) in [5.41, 5.74) is 0. The molecule has 0 fully saturated rings. The highest BCUT2D eigenvalue weighted by atomic mass is 16.9. The van der Waals surface area contributed by atoms with Crippen LogP contribution in [0.25, 0.3) is 0 Å². The minimum atomic E-state index is -0.839. The molecule has 0 rings (SSSR count). The van der Waals surface area contributed by atoms with Crippen molar-refractivity contribution in [2.24, 2.45) is 5.92 Å². The number of unbranched alkanes of at least 4 members (excludes halogenated alkanes) is 12. The highest BCUT2D eigenvalue weighted by Gasteiger charge is 2.34. The van der Waals surface area contributed by atoms with Crippen LogP contribution in [0.15, 0.2) is 0 Å². The minimum Gasteiger partial charge on any atom is -0.327 e. The zero-order valence-corrected chi connectivity index (χ0v) is 20.7. The van der Waals surface area contributed by atoms with Crippen molar-refractivity contribution in [3.63, 3.8) is 0 Å². The van der Waals surface area contributed by atoms with Crippen molar-refractivity contribution in [3.05, 3.63) is 0 Å². The predicted octanol–water partition coefficient (Wildman–Crippen LogP) is 8.65. The Kier molecular flexibility index (Phi) is 21.0. The molecule has 0 N–H and O–H groups in total. The molecular formula is C26H54O3. The van der Waals surface area contributed by atoms with Gasteiger partial charge in [0, 0.05) is 6.42 Å². The molecule has 0 aromatic carbocycles. The van der Waals surface area contributed by atoms with Gasteiger partial charge >= 0.3 is 0 Å². The zero-order chi connectivity index (χ0) is 21.6. The Hall–Kier alpha value is -0.120. The van der Waals surface area contributed by atoms with Gasteiger partial charge in [-0.2, -0.15) is 0 Å². The Bertz CT molecular complexity index is 276. The van der Waals surface area contributed by atoms with Crippen molar-refractivity contribution in [1.29, 1.82) is 0 Å². The normalized spacial score (nSPS) is 12.2. The monoisotopic (exact) mass is 414 g/mol. The number of ether oxygens (including phenoxy) is 3. The van der Waals surface area contributed by atoms with Gasteiger partial charge in [-0.15, -0.1) is 0 Å². The highest BCUT2D eigenvalue weighted by Crippen LogP contribution is 2.27. The Labute approximate surface area is 183 Å². The smallest absolute Gasteiger partial charge is 0.283 e. The lowest BCUT2D eigenvalue weighted by atomic mass is 10.1. The molecule has 0 aromatic heterocycles. The lowest BCUT2D eigenvalue weighted by molar-refractivity contribution is -0.387. The van der Waals surface area contributed by atoms with Gasteiger partial charge in [0.15, 0.2) is 0 Å². The first kappa shape index (κ1) is 28.9. The predicted molar refractivity (Wildman–Crippen MR) is 126 cm³/mol. The van der Waals surface area contributed by atoms with Crippen LogP contribution < -0.4 is 0 Å². The molecule has 0 aliphatic heterocycles. The van der Waals surface area contributed by atoms with Gasteiger partial charge < -0.3 is 14.2 Å². The first-order chi connectivity index (χ1) is 14.1. The van der Waals surface area contributed by atoms with Crippen LogP contribution in [-0.2, 0) is 14.2 Å². The van der Waals surface area contributed by atoms with E-state index in [0.29, 0.717) is 5.92 Å². The maximum absolute atomic E-state index is 6.33. The first-order valence-electron chi connectivity index (χ1n) is 13.0. The Balaban J connectivity index is 4.57. The molecule has 3 heteroatoms. The molecule has 0 radical (unpaired) electrons. The summed E-state index contributed by atoms with van der Waals surface area (Å²) in [5.74, 6) is -0.357. The van der Waals surface area contributed by atoms with Crippen molar-refractivity contribution in [2.75, 3.05) is 19.8 Å². The fourth-order valence-corrected chi connectivity index (χ4v) is 3.60. The lowest BCUT2D eigenvalue weighted by Gasteiger charge is -2.35. The third-order valence-electron chi connectivity index (χ3n) is 5.37.